The van der Waals surface area contributed by atoms with Gasteiger partial charge in [0.15, 0.2) is 11.8 Å². The average molecular weight is 479 g/mol. The highest BCUT2D eigenvalue weighted by Gasteiger charge is 2.15. The van der Waals surface area contributed by atoms with Gasteiger partial charge in [0.1, 0.15) is 17.2 Å². The van der Waals surface area contributed by atoms with Crippen LogP contribution < -0.4 is 19.5 Å². The van der Waals surface area contributed by atoms with E-state index in [1.165, 1.54) is 7.11 Å². The molecule has 0 radical (unpaired) electrons. The standard InChI is InChI=1S/C25H26N4O4S/c1-15-12-26-21(14-34-25-28-18-7-5-6-8-19(18)29-25)16(2)24(15)33-13-23(30)27-20-10-9-17(31-3)11-22(20)32-4/h5-12H,13-14H2,1-4H3,(H,27,30)(H,28,29). The number of imidazole rings is 1. The number of carbonyl (C=O) groups excluding carboxylic acids is 1. The first-order chi connectivity index (χ1) is 16.5. The number of nitrogens with zero attached hydrogens (tertiary/aromatic N) is 2. The number of hydrogen-bond donors (Lipinski definition) is 2. The molecular weight excluding hydrogens is 452 g/mol. The topological polar surface area (TPSA) is 98.4 Å². The van der Waals surface area contributed by atoms with E-state index in [4.69, 9.17) is 14.2 Å². The van der Waals surface area contributed by atoms with Crippen molar-refractivity contribution in [2.24, 2.45) is 0 Å². The van der Waals surface area contributed by atoms with Gasteiger partial charge < -0.3 is 24.5 Å². The molecule has 0 saturated carbocycles. The number of amides is 1. The molecular formula is C25H26N4O4S. The Balaban J connectivity index is 1.41. The lowest BCUT2D eigenvalue weighted by molar-refractivity contribution is -0.118. The Labute approximate surface area is 202 Å². The van der Waals surface area contributed by atoms with Crippen LogP contribution in [0.15, 0.2) is 53.8 Å². The molecule has 4 rings (SSSR count). The molecule has 2 N–H and O–H groups in total. The number of pyridine rings is 1. The number of benzene rings is 2. The number of rotatable bonds is 9. The van der Waals surface area contributed by atoms with Gasteiger partial charge in [-0.1, -0.05) is 23.9 Å². The van der Waals surface area contributed by atoms with Gasteiger partial charge in [-0.2, -0.15) is 0 Å². The second kappa shape index (κ2) is 10.5. The Hall–Kier alpha value is -3.72. The quantitative estimate of drug-likeness (QED) is 0.330. The van der Waals surface area contributed by atoms with Gasteiger partial charge in [0.2, 0.25) is 0 Å². The van der Waals surface area contributed by atoms with E-state index in [1.807, 2.05) is 38.1 Å². The van der Waals surface area contributed by atoms with Crippen LogP contribution in [-0.2, 0) is 10.5 Å². The molecule has 9 heteroatoms. The number of carbonyl (C=O) groups is 1. The molecule has 0 saturated heterocycles. The molecule has 0 aliphatic heterocycles. The highest BCUT2D eigenvalue weighted by Crippen LogP contribution is 2.31. The maximum absolute atomic E-state index is 12.6. The van der Waals surface area contributed by atoms with E-state index in [0.29, 0.717) is 28.7 Å². The SMILES string of the molecule is COc1ccc(NC(=O)COc2c(C)cnc(CSc3nc4ccccc4[nH]3)c2C)c(OC)c1. The lowest BCUT2D eigenvalue weighted by Gasteiger charge is -2.15. The van der Waals surface area contributed by atoms with Crippen LogP contribution in [0.3, 0.4) is 0 Å². The largest absolute Gasteiger partial charge is 0.497 e. The van der Waals surface area contributed by atoms with Crippen molar-refractivity contribution in [3.8, 4) is 17.2 Å². The Morgan fingerprint density at radius 1 is 1.12 bits per heavy atom. The summed E-state index contributed by atoms with van der Waals surface area (Å²) in [5.74, 6) is 2.14. The first kappa shape index (κ1) is 23.4. The highest BCUT2D eigenvalue weighted by molar-refractivity contribution is 7.98. The predicted octanol–water partition coefficient (Wildman–Crippen LogP) is 4.90. The van der Waals surface area contributed by atoms with E-state index < -0.39 is 0 Å². The second-order valence-corrected chi connectivity index (χ2v) is 8.56. The van der Waals surface area contributed by atoms with Gasteiger partial charge in [-0.05, 0) is 38.1 Å². The first-order valence-corrected chi connectivity index (χ1v) is 11.6. The third kappa shape index (κ3) is 5.26. The number of H-pyrrole nitrogens is 1. The Bertz CT molecular complexity index is 1290. The van der Waals surface area contributed by atoms with E-state index in [0.717, 1.165) is 33.0 Å². The number of fused-ring (bicyclic) bond motifs is 1. The molecule has 0 unspecified atom stereocenters. The molecule has 0 bridgehead atoms. The van der Waals surface area contributed by atoms with Crippen LogP contribution in [-0.4, -0.2) is 41.7 Å². The minimum Gasteiger partial charge on any atom is -0.497 e. The monoisotopic (exact) mass is 478 g/mol. The van der Waals surface area contributed by atoms with Crippen LogP contribution in [0.4, 0.5) is 5.69 Å². The fraction of sp³-hybridized carbons (Fsp3) is 0.240. The van der Waals surface area contributed by atoms with Gasteiger partial charge in [0.25, 0.3) is 5.91 Å². The van der Waals surface area contributed by atoms with Gasteiger partial charge in [0.05, 0.1) is 36.6 Å². The third-order valence-electron chi connectivity index (χ3n) is 5.29. The maximum Gasteiger partial charge on any atom is 0.262 e. The maximum atomic E-state index is 12.6. The van der Waals surface area contributed by atoms with Crippen molar-refractivity contribution >= 4 is 34.4 Å². The average Bonchev–Trinajstić information content (AvgIpc) is 3.26. The number of aromatic amines is 1. The number of ether oxygens (including phenoxy) is 3. The third-order valence-corrected chi connectivity index (χ3v) is 6.17. The molecule has 4 aromatic rings. The smallest absolute Gasteiger partial charge is 0.262 e. The summed E-state index contributed by atoms with van der Waals surface area (Å²) < 4.78 is 16.4. The van der Waals surface area contributed by atoms with Crippen LogP contribution in [0.1, 0.15) is 16.8 Å². The number of aromatic nitrogens is 3. The lowest BCUT2D eigenvalue weighted by atomic mass is 10.1. The number of methoxy groups -OCH3 is 2. The van der Waals surface area contributed by atoms with Gasteiger partial charge in [-0.25, -0.2) is 4.98 Å². The molecule has 0 fully saturated rings. The fourth-order valence-corrected chi connectivity index (χ4v) is 4.39. The zero-order valence-corrected chi connectivity index (χ0v) is 20.3. The molecule has 0 aliphatic rings. The summed E-state index contributed by atoms with van der Waals surface area (Å²) in [4.78, 5) is 25.0. The molecule has 0 spiro atoms. The van der Waals surface area contributed by atoms with Gasteiger partial charge in [-0.15, -0.1) is 0 Å². The van der Waals surface area contributed by atoms with E-state index in [2.05, 4.69) is 20.3 Å². The number of nitrogens with one attached hydrogen (secondary N) is 2. The fourth-order valence-electron chi connectivity index (χ4n) is 3.48. The Kier molecular flexibility index (Phi) is 7.22. The van der Waals surface area contributed by atoms with E-state index >= 15 is 0 Å². The summed E-state index contributed by atoms with van der Waals surface area (Å²) >= 11 is 1.57. The normalized spacial score (nSPS) is 10.8. The van der Waals surface area contributed by atoms with Crippen molar-refractivity contribution in [3.63, 3.8) is 0 Å². The number of thioether (sulfide) groups is 1. The molecule has 0 atom stereocenters. The summed E-state index contributed by atoms with van der Waals surface area (Å²) in [5, 5.41) is 3.65. The zero-order valence-electron chi connectivity index (χ0n) is 19.5. The molecule has 2 heterocycles. The van der Waals surface area contributed by atoms with Gasteiger partial charge >= 0.3 is 0 Å². The minimum atomic E-state index is -0.294. The molecule has 176 valence electrons. The molecule has 8 nitrogen and oxygen atoms in total. The number of anilines is 1. The van der Waals surface area contributed by atoms with Crippen LogP contribution in [0.25, 0.3) is 11.0 Å². The van der Waals surface area contributed by atoms with Crippen molar-refractivity contribution in [2.75, 3.05) is 26.1 Å². The van der Waals surface area contributed by atoms with Crippen molar-refractivity contribution in [1.82, 2.24) is 15.0 Å². The zero-order chi connectivity index (χ0) is 24.1. The highest BCUT2D eigenvalue weighted by atomic mass is 32.2. The van der Waals surface area contributed by atoms with Crippen LogP contribution in [0.2, 0.25) is 0 Å². The molecule has 1 amide bonds. The molecule has 0 aliphatic carbocycles. The van der Waals surface area contributed by atoms with Crippen LogP contribution in [0.5, 0.6) is 17.2 Å². The van der Waals surface area contributed by atoms with E-state index in [9.17, 15) is 4.79 Å². The Morgan fingerprint density at radius 2 is 1.94 bits per heavy atom. The summed E-state index contributed by atoms with van der Waals surface area (Å²) in [7, 11) is 3.11. The van der Waals surface area contributed by atoms with Gasteiger partial charge in [0, 0.05) is 29.1 Å². The van der Waals surface area contributed by atoms with E-state index in [1.54, 1.807) is 43.3 Å². The number of aryl methyl sites for hydroxylation is 1. The summed E-state index contributed by atoms with van der Waals surface area (Å²) in [6.45, 7) is 3.72. The number of para-hydroxylation sites is 2. The number of hydrogen-bond acceptors (Lipinski definition) is 7. The van der Waals surface area contributed by atoms with Gasteiger partial charge in [-0.3, -0.25) is 9.78 Å². The minimum absolute atomic E-state index is 0.142. The van der Waals surface area contributed by atoms with Crippen molar-refractivity contribution in [2.45, 2.75) is 24.8 Å². The second-order valence-electron chi connectivity index (χ2n) is 7.59. The van der Waals surface area contributed by atoms with Crippen molar-refractivity contribution in [1.29, 1.82) is 0 Å². The molecule has 2 aromatic carbocycles. The lowest BCUT2D eigenvalue weighted by Crippen LogP contribution is -2.21. The van der Waals surface area contributed by atoms with Crippen LogP contribution in [0, 0.1) is 13.8 Å². The predicted molar refractivity (Wildman–Crippen MR) is 133 cm³/mol. The summed E-state index contributed by atoms with van der Waals surface area (Å²) in [6.07, 6.45) is 1.77. The Morgan fingerprint density at radius 3 is 2.71 bits per heavy atom. The summed E-state index contributed by atoms with van der Waals surface area (Å²) in [6, 6.07) is 13.1. The van der Waals surface area contributed by atoms with E-state index in [-0.39, 0.29) is 12.5 Å². The first-order valence-electron chi connectivity index (χ1n) is 10.7. The molecule has 34 heavy (non-hydrogen) atoms. The van der Waals surface area contributed by atoms with Crippen molar-refractivity contribution < 1.29 is 19.0 Å². The molecule has 2 aromatic heterocycles. The van der Waals surface area contributed by atoms with Crippen molar-refractivity contribution in [3.05, 3.63) is 65.5 Å². The van der Waals surface area contributed by atoms with Crippen LogP contribution >= 0.6 is 11.8 Å². The summed E-state index contributed by atoms with van der Waals surface area (Å²) in [5.41, 5.74) is 5.12.